The van der Waals surface area contributed by atoms with Crippen molar-refractivity contribution in [1.29, 1.82) is 0 Å². The van der Waals surface area contributed by atoms with Gasteiger partial charge in [0.25, 0.3) is 0 Å². The Morgan fingerprint density at radius 3 is 2.53 bits per heavy atom. The second-order valence-electron chi connectivity index (χ2n) is 4.45. The van der Waals surface area contributed by atoms with Crippen LogP contribution in [0, 0.1) is 5.41 Å². The summed E-state index contributed by atoms with van der Waals surface area (Å²) in [5.74, 6) is 0.477. The number of ether oxygens (including phenoxy) is 1. The Balaban J connectivity index is 2.09. The Morgan fingerprint density at radius 2 is 2.00 bits per heavy atom. The van der Waals surface area contributed by atoms with Crippen LogP contribution in [0.4, 0.5) is 0 Å². The van der Waals surface area contributed by atoms with E-state index in [1.807, 2.05) is 0 Å². The fraction of sp³-hybridized carbons (Fsp3) is 0.818. The van der Waals surface area contributed by atoms with Crippen LogP contribution in [0.15, 0.2) is 0 Å². The molecule has 0 unspecified atom stereocenters. The number of carbonyl (C=O) groups is 2. The van der Waals surface area contributed by atoms with Crippen LogP contribution in [0.3, 0.4) is 0 Å². The summed E-state index contributed by atoms with van der Waals surface area (Å²) in [5.41, 5.74) is 0.0969. The van der Waals surface area contributed by atoms with E-state index in [4.69, 9.17) is 4.74 Å². The molecule has 0 heterocycles. The average molecular weight is 260 g/mol. The van der Waals surface area contributed by atoms with Gasteiger partial charge in [-0.05, 0) is 24.0 Å². The van der Waals surface area contributed by atoms with Crippen LogP contribution in [0.2, 0.25) is 0 Å². The number of rotatable bonds is 8. The number of methoxy groups -OCH3 is 1. The molecule has 5 nitrogen and oxygen atoms in total. The van der Waals surface area contributed by atoms with E-state index < -0.39 is 0 Å². The molecule has 0 spiro atoms. The minimum Gasteiger partial charge on any atom is -0.383 e. The van der Waals surface area contributed by atoms with Crippen LogP contribution >= 0.6 is 12.6 Å². The van der Waals surface area contributed by atoms with Gasteiger partial charge in [0, 0.05) is 20.1 Å². The molecule has 0 aromatic rings. The zero-order chi connectivity index (χ0) is 12.7. The molecule has 0 aliphatic heterocycles. The Labute approximate surface area is 107 Å². The largest absolute Gasteiger partial charge is 0.383 e. The second-order valence-corrected chi connectivity index (χ2v) is 4.77. The van der Waals surface area contributed by atoms with Gasteiger partial charge in [0.15, 0.2) is 0 Å². The van der Waals surface area contributed by atoms with Gasteiger partial charge in [0.1, 0.15) is 0 Å². The van der Waals surface area contributed by atoms with Crippen molar-refractivity contribution in [3.8, 4) is 0 Å². The summed E-state index contributed by atoms with van der Waals surface area (Å²) in [7, 11) is 1.57. The molecule has 0 aromatic carbocycles. The predicted molar refractivity (Wildman–Crippen MR) is 68.0 cm³/mol. The molecule has 0 saturated heterocycles. The molecule has 1 rings (SSSR count). The lowest BCUT2D eigenvalue weighted by molar-refractivity contribution is -0.126. The van der Waals surface area contributed by atoms with Crippen molar-refractivity contribution in [2.75, 3.05) is 32.6 Å². The summed E-state index contributed by atoms with van der Waals surface area (Å²) in [6.45, 7) is 0.972. The lowest BCUT2D eigenvalue weighted by atomic mass is 10.1. The van der Waals surface area contributed by atoms with Crippen LogP contribution in [0.1, 0.15) is 19.3 Å². The first-order chi connectivity index (χ1) is 8.12. The minimum atomic E-state index is -0.189. The van der Waals surface area contributed by atoms with E-state index in [-0.39, 0.29) is 23.8 Å². The Hall–Kier alpha value is -0.750. The van der Waals surface area contributed by atoms with Crippen molar-refractivity contribution < 1.29 is 14.3 Å². The normalized spacial score (nSPS) is 16.4. The van der Waals surface area contributed by atoms with Gasteiger partial charge in [-0.15, -0.1) is 0 Å². The predicted octanol–water partition coefficient (Wildman–Crippen LogP) is -0.0347. The molecule has 0 aromatic heterocycles. The van der Waals surface area contributed by atoms with E-state index in [1.165, 1.54) is 0 Å². The molecule has 17 heavy (non-hydrogen) atoms. The molecule has 2 N–H and O–H groups in total. The quantitative estimate of drug-likeness (QED) is 0.424. The average Bonchev–Trinajstić information content (AvgIpc) is 3.07. The van der Waals surface area contributed by atoms with Gasteiger partial charge in [-0.3, -0.25) is 9.59 Å². The smallest absolute Gasteiger partial charge is 0.239 e. The number of nitrogens with one attached hydrogen (secondary N) is 2. The second kappa shape index (κ2) is 6.86. The third kappa shape index (κ3) is 5.41. The highest BCUT2D eigenvalue weighted by Crippen LogP contribution is 2.49. The van der Waals surface area contributed by atoms with Crippen molar-refractivity contribution >= 4 is 24.4 Å². The van der Waals surface area contributed by atoms with E-state index in [2.05, 4.69) is 23.3 Å². The topological polar surface area (TPSA) is 67.4 Å². The van der Waals surface area contributed by atoms with Crippen LogP contribution in [0.25, 0.3) is 0 Å². The fourth-order valence-corrected chi connectivity index (χ4v) is 1.93. The van der Waals surface area contributed by atoms with Crippen LogP contribution in [-0.4, -0.2) is 44.4 Å². The zero-order valence-electron chi connectivity index (χ0n) is 10.1. The molecular weight excluding hydrogens is 240 g/mol. The maximum absolute atomic E-state index is 11.5. The van der Waals surface area contributed by atoms with Gasteiger partial charge in [0.05, 0.1) is 13.2 Å². The van der Waals surface area contributed by atoms with E-state index in [0.29, 0.717) is 19.6 Å². The SMILES string of the molecule is COCCNC(=O)CNC(=O)CC1(CS)CC1. The van der Waals surface area contributed by atoms with Crippen molar-refractivity contribution in [3.63, 3.8) is 0 Å². The maximum atomic E-state index is 11.5. The molecule has 2 amide bonds. The number of hydrogen-bond acceptors (Lipinski definition) is 4. The van der Waals surface area contributed by atoms with Gasteiger partial charge < -0.3 is 15.4 Å². The number of hydrogen-bond donors (Lipinski definition) is 3. The number of carbonyl (C=O) groups excluding carboxylic acids is 2. The molecule has 1 saturated carbocycles. The molecule has 1 aliphatic rings. The van der Waals surface area contributed by atoms with E-state index in [0.717, 1.165) is 18.6 Å². The first kappa shape index (κ1) is 14.3. The summed E-state index contributed by atoms with van der Waals surface area (Å²) < 4.78 is 4.80. The molecule has 6 heteroatoms. The molecular formula is C11H20N2O3S. The van der Waals surface area contributed by atoms with Gasteiger partial charge in [-0.2, -0.15) is 12.6 Å². The summed E-state index contributed by atoms with van der Waals surface area (Å²) in [6.07, 6.45) is 2.59. The molecule has 98 valence electrons. The standard InChI is InChI=1S/C11H20N2O3S/c1-16-5-4-12-10(15)7-13-9(14)6-11(8-17)2-3-11/h17H,2-8H2,1H3,(H,12,15)(H,13,14). The fourth-order valence-electron chi connectivity index (χ4n) is 1.50. The van der Waals surface area contributed by atoms with Crippen LogP contribution < -0.4 is 10.6 Å². The molecule has 0 bridgehead atoms. The summed E-state index contributed by atoms with van der Waals surface area (Å²) in [5, 5.41) is 5.25. The summed E-state index contributed by atoms with van der Waals surface area (Å²) >= 11 is 4.23. The monoisotopic (exact) mass is 260 g/mol. The maximum Gasteiger partial charge on any atom is 0.239 e. The van der Waals surface area contributed by atoms with Gasteiger partial charge in [-0.25, -0.2) is 0 Å². The minimum absolute atomic E-state index is 0.0329. The van der Waals surface area contributed by atoms with Crippen molar-refractivity contribution in [2.45, 2.75) is 19.3 Å². The van der Waals surface area contributed by atoms with Gasteiger partial charge in [0.2, 0.25) is 11.8 Å². The summed E-state index contributed by atoms with van der Waals surface area (Å²) in [6, 6.07) is 0. The lowest BCUT2D eigenvalue weighted by Gasteiger charge is -2.11. The summed E-state index contributed by atoms with van der Waals surface area (Å²) in [4.78, 5) is 22.8. The third-order valence-corrected chi connectivity index (χ3v) is 3.57. The van der Waals surface area contributed by atoms with Crippen molar-refractivity contribution in [1.82, 2.24) is 10.6 Å². The number of amides is 2. The first-order valence-electron chi connectivity index (χ1n) is 5.75. The van der Waals surface area contributed by atoms with Crippen molar-refractivity contribution in [3.05, 3.63) is 0 Å². The first-order valence-corrected chi connectivity index (χ1v) is 6.38. The number of thiol groups is 1. The Kier molecular flexibility index (Phi) is 5.77. The lowest BCUT2D eigenvalue weighted by Crippen LogP contribution is -2.38. The van der Waals surface area contributed by atoms with E-state index >= 15 is 0 Å². The molecule has 1 fully saturated rings. The molecule has 0 radical (unpaired) electrons. The Morgan fingerprint density at radius 1 is 1.29 bits per heavy atom. The van der Waals surface area contributed by atoms with E-state index in [1.54, 1.807) is 7.11 Å². The van der Waals surface area contributed by atoms with Crippen molar-refractivity contribution in [2.24, 2.45) is 5.41 Å². The van der Waals surface area contributed by atoms with E-state index in [9.17, 15) is 9.59 Å². The Bertz CT molecular complexity index is 280. The van der Waals surface area contributed by atoms with Gasteiger partial charge >= 0.3 is 0 Å². The molecule has 0 atom stereocenters. The highest BCUT2D eigenvalue weighted by atomic mass is 32.1. The van der Waals surface area contributed by atoms with Gasteiger partial charge in [-0.1, -0.05) is 0 Å². The molecule has 1 aliphatic carbocycles. The highest BCUT2D eigenvalue weighted by Gasteiger charge is 2.42. The van der Waals surface area contributed by atoms with Crippen LogP contribution in [0.5, 0.6) is 0 Å². The van der Waals surface area contributed by atoms with Crippen LogP contribution in [-0.2, 0) is 14.3 Å². The highest BCUT2D eigenvalue weighted by molar-refractivity contribution is 7.80. The third-order valence-electron chi connectivity index (χ3n) is 2.90. The zero-order valence-corrected chi connectivity index (χ0v) is 11.0.